The Labute approximate surface area is 146 Å². The van der Waals surface area contributed by atoms with Crippen molar-refractivity contribution in [2.75, 3.05) is 13.1 Å². The van der Waals surface area contributed by atoms with Crippen LogP contribution in [0, 0.1) is 16.7 Å². The maximum atomic E-state index is 12.6. The number of carbonyl (C=O) groups is 1. The molecular weight excluding hydrogens is 302 g/mol. The van der Waals surface area contributed by atoms with Crippen LogP contribution >= 0.6 is 0 Å². The molecule has 0 aliphatic carbocycles. The molecule has 0 spiro atoms. The van der Waals surface area contributed by atoms with Gasteiger partial charge in [-0.3, -0.25) is 4.79 Å². The zero-order valence-electron chi connectivity index (χ0n) is 15.9. The summed E-state index contributed by atoms with van der Waals surface area (Å²) < 4.78 is 0. The summed E-state index contributed by atoms with van der Waals surface area (Å²) in [5.74, 6) is 0.0623. The largest absolute Gasteiger partial charge is 0.504 e. The highest BCUT2D eigenvalue weighted by Gasteiger charge is 2.33. The zero-order chi connectivity index (χ0) is 18.5. The van der Waals surface area contributed by atoms with Crippen LogP contribution in [-0.4, -0.2) is 29.1 Å². The molecule has 1 rings (SSSR count). The number of Topliss-reactive ketones (excluding diaryl/α,β-unsaturated/α-hetero) is 1. The molecule has 1 atom stereocenters. The SMILES string of the molecule is CC(C)(C)CC(C(=O)CNCCc1ccc(O)c(O)c1)C(C)(C)C. The maximum Gasteiger partial charge on any atom is 0.157 e. The molecule has 0 fully saturated rings. The number of ketones is 1. The fourth-order valence-corrected chi connectivity index (χ4v) is 2.81. The van der Waals surface area contributed by atoms with Crippen LogP contribution in [0.25, 0.3) is 0 Å². The average Bonchev–Trinajstić information content (AvgIpc) is 2.42. The first-order valence-electron chi connectivity index (χ1n) is 8.64. The predicted molar refractivity (Wildman–Crippen MR) is 98.4 cm³/mol. The molecule has 24 heavy (non-hydrogen) atoms. The van der Waals surface area contributed by atoms with Gasteiger partial charge in [-0.05, 0) is 47.9 Å². The van der Waals surface area contributed by atoms with Crippen molar-refractivity contribution >= 4 is 5.78 Å². The van der Waals surface area contributed by atoms with E-state index in [0.29, 0.717) is 19.5 Å². The summed E-state index contributed by atoms with van der Waals surface area (Å²) in [6.07, 6.45) is 1.57. The van der Waals surface area contributed by atoms with Gasteiger partial charge in [0, 0.05) is 5.92 Å². The summed E-state index contributed by atoms with van der Waals surface area (Å²) in [6, 6.07) is 4.81. The molecule has 0 aromatic heterocycles. The van der Waals surface area contributed by atoms with Crippen molar-refractivity contribution in [3.63, 3.8) is 0 Å². The van der Waals surface area contributed by atoms with Gasteiger partial charge >= 0.3 is 0 Å². The molecule has 1 aromatic carbocycles. The van der Waals surface area contributed by atoms with E-state index in [9.17, 15) is 15.0 Å². The van der Waals surface area contributed by atoms with E-state index < -0.39 is 0 Å². The first-order valence-corrected chi connectivity index (χ1v) is 8.64. The van der Waals surface area contributed by atoms with Crippen LogP contribution in [0.15, 0.2) is 18.2 Å². The number of aromatic hydroxyl groups is 2. The molecule has 3 N–H and O–H groups in total. The van der Waals surface area contributed by atoms with Crippen LogP contribution in [-0.2, 0) is 11.2 Å². The topological polar surface area (TPSA) is 69.6 Å². The molecule has 0 radical (unpaired) electrons. The number of hydrogen-bond acceptors (Lipinski definition) is 4. The third-order valence-corrected chi connectivity index (χ3v) is 4.18. The van der Waals surface area contributed by atoms with Gasteiger partial charge in [-0.25, -0.2) is 0 Å². The summed E-state index contributed by atoms with van der Waals surface area (Å²) in [4.78, 5) is 12.6. The lowest BCUT2D eigenvalue weighted by Crippen LogP contribution is -2.38. The Balaban J connectivity index is 2.52. The fraction of sp³-hybridized carbons (Fsp3) is 0.650. The van der Waals surface area contributed by atoms with E-state index in [1.165, 1.54) is 6.07 Å². The minimum Gasteiger partial charge on any atom is -0.504 e. The van der Waals surface area contributed by atoms with Gasteiger partial charge < -0.3 is 15.5 Å². The van der Waals surface area contributed by atoms with Gasteiger partial charge in [0.25, 0.3) is 0 Å². The molecule has 1 aromatic rings. The molecule has 0 saturated carbocycles. The highest BCUT2D eigenvalue weighted by molar-refractivity contribution is 5.83. The van der Waals surface area contributed by atoms with E-state index in [1.807, 2.05) is 0 Å². The Kier molecular flexibility index (Phi) is 6.85. The summed E-state index contributed by atoms with van der Waals surface area (Å²) in [7, 11) is 0. The van der Waals surface area contributed by atoms with Gasteiger partial charge in [0.2, 0.25) is 0 Å². The highest BCUT2D eigenvalue weighted by Crippen LogP contribution is 2.36. The minimum absolute atomic E-state index is 0.0303. The van der Waals surface area contributed by atoms with Crippen molar-refractivity contribution < 1.29 is 15.0 Å². The van der Waals surface area contributed by atoms with Crippen LogP contribution < -0.4 is 5.32 Å². The quantitative estimate of drug-likeness (QED) is 0.522. The van der Waals surface area contributed by atoms with Gasteiger partial charge in [-0.1, -0.05) is 47.6 Å². The van der Waals surface area contributed by atoms with E-state index in [4.69, 9.17) is 0 Å². The molecule has 0 aliphatic rings. The number of phenols is 2. The molecule has 0 aliphatic heterocycles. The number of benzene rings is 1. The second-order valence-corrected chi connectivity index (χ2v) is 8.90. The molecule has 136 valence electrons. The molecule has 0 bridgehead atoms. The molecule has 1 unspecified atom stereocenters. The van der Waals surface area contributed by atoms with Gasteiger partial charge in [0.05, 0.1) is 6.54 Å². The molecule has 0 saturated heterocycles. The molecule has 0 heterocycles. The normalized spacial score (nSPS) is 13.8. The second-order valence-electron chi connectivity index (χ2n) is 8.90. The van der Waals surface area contributed by atoms with E-state index in [1.54, 1.807) is 12.1 Å². The standard InChI is InChI=1S/C20H33NO3/c1-19(2,3)12-15(20(4,5)6)18(24)13-21-10-9-14-7-8-16(22)17(23)11-14/h7-8,11,15,21-23H,9-10,12-13H2,1-6H3. The summed E-state index contributed by atoms with van der Waals surface area (Å²) in [5.41, 5.74) is 0.999. The van der Waals surface area contributed by atoms with Gasteiger partial charge in [-0.15, -0.1) is 0 Å². The van der Waals surface area contributed by atoms with Crippen LogP contribution in [0.5, 0.6) is 11.5 Å². The van der Waals surface area contributed by atoms with Crippen molar-refractivity contribution in [1.29, 1.82) is 0 Å². The number of rotatable bonds is 7. The van der Waals surface area contributed by atoms with E-state index >= 15 is 0 Å². The van der Waals surface area contributed by atoms with Gasteiger partial charge in [-0.2, -0.15) is 0 Å². The third-order valence-electron chi connectivity index (χ3n) is 4.18. The third kappa shape index (κ3) is 6.91. The average molecular weight is 335 g/mol. The van der Waals surface area contributed by atoms with Crippen LogP contribution in [0.3, 0.4) is 0 Å². The monoisotopic (exact) mass is 335 g/mol. The fourth-order valence-electron chi connectivity index (χ4n) is 2.81. The number of phenolic OH excluding ortho intramolecular Hbond substituents is 2. The zero-order valence-corrected chi connectivity index (χ0v) is 15.9. The Bertz CT molecular complexity index is 553. The smallest absolute Gasteiger partial charge is 0.157 e. The van der Waals surface area contributed by atoms with Gasteiger partial charge in [0.15, 0.2) is 11.5 Å². The van der Waals surface area contributed by atoms with Crippen molar-refractivity contribution in [1.82, 2.24) is 5.32 Å². The Morgan fingerprint density at radius 3 is 2.21 bits per heavy atom. The molecule has 4 heteroatoms. The lowest BCUT2D eigenvalue weighted by Gasteiger charge is -2.34. The van der Waals surface area contributed by atoms with Crippen molar-refractivity contribution in [3.8, 4) is 11.5 Å². The van der Waals surface area contributed by atoms with E-state index in [0.717, 1.165) is 12.0 Å². The number of nitrogens with one attached hydrogen (secondary N) is 1. The summed E-state index contributed by atoms with van der Waals surface area (Å²) in [6.45, 7) is 13.9. The number of carbonyl (C=O) groups excluding carboxylic acids is 1. The first-order chi connectivity index (χ1) is 10.9. The lowest BCUT2D eigenvalue weighted by molar-refractivity contribution is -0.126. The van der Waals surface area contributed by atoms with Crippen molar-refractivity contribution in [2.45, 2.75) is 54.4 Å². The predicted octanol–water partition coefficient (Wildman–Crippen LogP) is 3.90. The molecule has 4 nitrogen and oxygen atoms in total. The Morgan fingerprint density at radius 1 is 1.08 bits per heavy atom. The van der Waals surface area contributed by atoms with E-state index in [2.05, 4.69) is 46.9 Å². The van der Waals surface area contributed by atoms with Crippen LogP contribution in [0.1, 0.15) is 53.5 Å². The lowest BCUT2D eigenvalue weighted by atomic mass is 9.70. The van der Waals surface area contributed by atoms with Crippen molar-refractivity contribution in [3.05, 3.63) is 23.8 Å². The van der Waals surface area contributed by atoms with Crippen molar-refractivity contribution in [2.24, 2.45) is 16.7 Å². The Morgan fingerprint density at radius 2 is 1.71 bits per heavy atom. The Hall–Kier alpha value is -1.55. The number of hydrogen-bond donors (Lipinski definition) is 3. The molecular formula is C20H33NO3. The highest BCUT2D eigenvalue weighted by atomic mass is 16.3. The first kappa shape index (κ1) is 20.5. The molecule has 0 amide bonds. The van der Waals surface area contributed by atoms with E-state index in [-0.39, 0.29) is 34.0 Å². The minimum atomic E-state index is -0.114. The summed E-state index contributed by atoms with van der Waals surface area (Å²) >= 11 is 0. The second kappa shape index (κ2) is 8.02. The van der Waals surface area contributed by atoms with Gasteiger partial charge in [0.1, 0.15) is 5.78 Å². The van der Waals surface area contributed by atoms with Crippen LogP contribution in [0.4, 0.5) is 0 Å². The van der Waals surface area contributed by atoms with Crippen LogP contribution in [0.2, 0.25) is 0 Å². The summed E-state index contributed by atoms with van der Waals surface area (Å²) in [5, 5.41) is 22.0. The maximum absolute atomic E-state index is 12.6.